The Balaban J connectivity index is 2.04. The highest BCUT2D eigenvalue weighted by atomic mass is 32.2. The number of hydrogen-bond acceptors (Lipinski definition) is 6. The third-order valence-electron chi connectivity index (χ3n) is 5.40. The third-order valence-corrected chi connectivity index (χ3v) is 6.35. The van der Waals surface area contributed by atoms with Crippen LogP contribution in [0.25, 0.3) is 11.1 Å². The summed E-state index contributed by atoms with van der Waals surface area (Å²) in [5, 5.41) is 7.57. The number of methoxy groups -OCH3 is 1. The van der Waals surface area contributed by atoms with Gasteiger partial charge in [0.25, 0.3) is 0 Å². The van der Waals surface area contributed by atoms with Gasteiger partial charge in [-0.15, -0.1) is 0 Å². The molecular weight excluding hydrogens is 414 g/mol. The highest BCUT2D eigenvalue weighted by Crippen LogP contribution is 2.31. The molecular formula is C23H29N3O4S. The van der Waals surface area contributed by atoms with Crippen LogP contribution in [0.4, 0.5) is 0 Å². The number of nitrogens with one attached hydrogen (secondary N) is 1. The number of esters is 1. The second-order valence-corrected chi connectivity index (χ2v) is 9.03. The molecule has 3 N–H and O–H groups in total. The molecule has 2 aromatic carbocycles. The lowest BCUT2D eigenvalue weighted by Crippen LogP contribution is -2.41. The van der Waals surface area contributed by atoms with Gasteiger partial charge in [-0.2, -0.15) is 0 Å². The molecule has 166 valence electrons. The molecule has 8 heteroatoms. The number of rotatable bonds is 8. The summed E-state index contributed by atoms with van der Waals surface area (Å²) in [5.41, 5.74) is 6.85. The summed E-state index contributed by atoms with van der Waals surface area (Å²) in [6.07, 6.45) is 2.00. The smallest absolute Gasteiger partial charge is 0.337 e. The zero-order chi connectivity index (χ0) is 22.6. The number of carbonyl (C=O) groups excluding carboxylic acids is 1. The van der Waals surface area contributed by atoms with Crippen molar-refractivity contribution in [2.24, 2.45) is 5.14 Å². The van der Waals surface area contributed by atoms with E-state index in [2.05, 4.69) is 12.3 Å². The van der Waals surface area contributed by atoms with Crippen molar-refractivity contribution in [2.75, 3.05) is 13.7 Å². The number of hydrogen-bond donors (Lipinski definition) is 2. The highest BCUT2D eigenvalue weighted by molar-refractivity contribution is 7.89. The predicted molar refractivity (Wildman–Crippen MR) is 120 cm³/mol. The lowest BCUT2D eigenvalue weighted by atomic mass is 9.95. The molecule has 0 amide bonds. The summed E-state index contributed by atoms with van der Waals surface area (Å²) in [6, 6.07) is 14.3. The molecule has 0 saturated carbocycles. The van der Waals surface area contributed by atoms with Crippen LogP contribution in [0.2, 0.25) is 0 Å². The van der Waals surface area contributed by atoms with Crippen LogP contribution in [0.5, 0.6) is 0 Å². The number of benzene rings is 2. The number of sulfonamides is 1. The molecule has 0 aromatic heterocycles. The number of carbonyl (C=O) groups is 1. The molecule has 0 fully saturated rings. The average molecular weight is 444 g/mol. The molecule has 2 aromatic rings. The second kappa shape index (κ2) is 9.64. The predicted octanol–water partition coefficient (Wildman–Crippen LogP) is 2.98. The molecule has 0 radical (unpaired) electrons. The van der Waals surface area contributed by atoms with Crippen LogP contribution in [0.15, 0.2) is 64.7 Å². The van der Waals surface area contributed by atoms with Crippen LogP contribution in [-0.2, 0) is 26.0 Å². The largest absolute Gasteiger partial charge is 0.466 e. The van der Waals surface area contributed by atoms with Gasteiger partial charge in [-0.1, -0.05) is 56.3 Å². The quantitative estimate of drug-likeness (QED) is 0.608. The van der Waals surface area contributed by atoms with E-state index in [0.717, 1.165) is 29.8 Å². The van der Waals surface area contributed by atoms with Crippen molar-refractivity contribution in [2.45, 2.75) is 44.0 Å². The molecule has 0 spiro atoms. The van der Waals surface area contributed by atoms with Crippen LogP contribution in [0.1, 0.15) is 32.3 Å². The summed E-state index contributed by atoms with van der Waals surface area (Å²) in [7, 11) is -2.57. The van der Waals surface area contributed by atoms with Gasteiger partial charge in [-0.25, -0.2) is 23.4 Å². The van der Waals surface area contributed by atoms with Crippen molar-refractivity contribution in [3.8, 4) is 11.1 Å². The van der Waals surface area contributed by atoms with E-state index in [1.165, 1.54) is 7.11 Å². The van der Waals surface area contributed by atoms with E-state index >= 15 is 0 Å². The van der Waals surface area contributed by atoms with E-state index < -0.39 is 10.0 Å². The van der Waals surface area contributed by atoms with Crippen LogP contribution < -0.4 is 10.6 Å². The van der Waals surface area contributed by atoms with Gasteiger partial charge in [0, 0.05) is 17.8 Å². The van der Waals surface area contributed by atoms with Gasteiger partial charge in [0.05, 0.1) is 23.6 Å². The lowest BCUT2D eigenvalue weighted by Gasteiger charge is -2.26. The van der Waals surface area contributed by atoms with Crippen LogP contribution in [0.3, 0.4) is 0 Å². The zero-order valence-corrected chi connectivity index (χ0v) is 18.9. The summed E-state index contributed by atoms with van der Waals surface area (Å²) in [6.45, 7) is 4.78. The normalized spacial score (nSPS) is 17.0. The number of nitrogens with two attached hydrogens (primary N) is 1. The molecule has 3 rings (SSSR count). The highest BCUT2D eigenvalue weighted by Gasteiger charge is 2.36. The molecule has 7 nitrogen and oxygen atoms in total. The summed E-state index contributed by atoms with van der Waals surface area (Å²) >= 11 is 0. The van der Waals surface area contributed by atoms with Gasteiger partial charge in [-0.3, -0.25) is 0 Å². The number of allylic oxidation sites excluding steroid dienone is 1. The fraction of sp³-hybridized carbons (Fsp3) is 0.348. The van der Waals surface area contributed by atoms with Crippen molar-refractivity contribution in [1.82, 2.24) is 10.4 Å². The van der Waals surface area contributed by atoms with Crippen molar-refractivity contribution in [3.05, 3.63) is 65.4 Å². The minimum absolute atomic E-state index is 0.0727. The van der Waals surface area contributed by atoms with Gasteiger partial charge >= 0.3 is 5.97 Å². The Bertz CT molecular complexity index is 1080. The van der Waals surface area contributed by atoms with Gasteiger partial charge in [0.15, 0.2) is 0 Å². The van der Waals surface area contributed by atoms with Crippen LogP contribution in [-0.4, -0.2) is 39.1 Å². The number of primary sulfonamides is 1. The van der Waals surface area contributed by atoms with Crippen molar-refractivity contribution >= 4 is 16.0 Å². The molecule has 1 aliphatic heterocycles. The Hall–Kier alpha value is -2.68. The fourth-order valence-electron chi connectivity index (χ4n) is 3.98. The standard InChI is InChI=1S/C23H29N3O4S/c1-4-13-26-20(22(23(27)30-3)19(5-2)25-26)14-16-11-12-18(17-9-7-6-8-10-17)21(15-16)31(24,28)29/h6-12,15,20,25H,4-5,13-14H2,1-3H3,(H2,24,28,29). The van der Waals surface area contributed by atoms with Gasteiger partial charge in [0.1, 0.15) is 0 Å². The molecule has 1 aliphatic rings. The van der Waals surface area contributed by atoms with Crippen molar-refractivity contribution < 1.29 is 17.9 Å². The first-order chi connectivity index (χ1) is 14.8. The van der Waals surface area contributed by atoms with Gasteiger partial charge in [0.2, 0.25) is 10.0 Å². The summed E-state index contributed by atoms with van der Waals surface area (Å²) in [5.74, 6) is -0.375. The van der Waals surface area contributed by atoms with Crippen molar-refractivity contribution in [1.29, 1.82) is 0 Å². The average Bonchev–Trinajstić information content (AvgIpc) is 3.10. The molecule has 1 unspecified atom stereocenters. The Morgan fingerprint density at radius 1 is 1.16 bits per heavy atom. The topological polar surface area (TPSA) is 102 Å². The zero-order valence-electron chi connectivity index (χ0n) is 18.1. The van der Waals surface area contributed by atoms with Crippen LogP contribution in [0, 0.1) is 0 Å². The van der Waals surface area contributed by atoms with E-state index in [1.54, 1.807) is 12.1 Å². The lowest BCUT2D eigenvalue weighted by molar-refractivity contribution is -0.136. The molecule has 1 heterocycles. The third kappa shape index (κ3) is 4.98. The molecule has 1 atom stereocenters. The Morgan fingerprint density at radius 2 is 1.87 bits per heavy atom. The Labute approximate surface area is 183 Å². The summed E-state index contributed by atoms with van der Waals surface area (Å²) < 4.78 is 29.8. The monoisotopic (exact) mass is 443 g/mol. The maximum absolute atomic E-state index is 12.5. The van der Waals surface area contributed by atoms with Crippen molar-refractivity contribution in [3.63, 3.8) is 0 Å². The van der Waals surface area contributed by atoms with E-state index in [-0.39, 0.29) is 16.9 Å². The minimum atomic E-state index is -3.94. The molecule has 0 saturated heterocycles. The Morgan fingerprint density at radius 3 is 2.45 bits per heavy atom. The van der Waals surface area contributed by atoms with E-state index in [4.69, 9.17) is 9.88 Å². The first-order valence-electron chi connectivity index (χ1n) is 10.4. The molecule has 31 heavy (non-hydrogen) atoms. The first kappa shape index (κ1) is 23.0. The van der Waals surface area contributed by atoms with E-state index in [0.29, 0.717) is 24.0 Å². The molecule has 0 bridgehead atoms. The summed E-state index contributed by atoms with van der Waals surface area (Å²) in [4.78, 5) is 12.6. The molecule has 0 aliphatic carbocycles. The maximum Gasteiger partial charge on any atom is 0.337 e. The van der Waals surface area contributed by atoms with E-state index in [9.17, 15) is 13.2 Å². The maximum atomic E-state index is 12.5. The Kier molecular flexibility index (Phi) is 7.15. The second-order valence-electron chi connectivity index (χ2n) is 7.50. The van der Waals surface area contributed by atoms with Crippen LogP contribution >= 0.6 is 0 Å². The first-order valence-corrected chi connectivity index (χ1v) is 11.9. The fourth-order valence-corrected chi connectivity index (χ4v) is 4.79. The number of hydrazine groups is 1. The van der Waals surface area contributed by atoms with E-state index in [1.807, 2.05) is 48.3 Å². The number of nitrogens with zero attached hydrogens (tertiary/aromatic N) is 1. The van der Waals surface area contributed by atoms with Gasteiger partial charge < -0.3 is 10.2 Å². The van der Waals surface area contributed by atoms with Gasteiger partial charge in [-0.05, 0) is 36.5 Å². The SMILES string of the molecule is CCCN1NC(CC)=C(C(=O)OC)C1Cc1ccc(-c2ccccc2)c(S(N)(=O)=O)c1. The number of ether oxygens (including phenoxy) is 1. The minimum Gasteiger partial charge on any atom is -0.466 e.